The predicted octanol–water partition coefficient (Wildman–Crippen LogP) is 7.19. The van der Waals surface area contributed by atoms with Crippen molar-refractivity contribution in [2.45, 2.75) is 96.9 Å². The fraction of sp³-hybridized carbons (Fsp3) is 0.740. The molecule has 0 saturated carbocycles. The average Bonchev–Trinajstić information content (AvgIpc) is 3.30. The standard InChI is InChI=1S/C50H86O13Si/c1-5-6-7-8-9-10-11-12-19-24-49(51)62-45-43-60-41-39-58-37-35-56-33-31-54-29-27-52-25-26-53-28-30-55-32-34-57-36-38-59-40-42-61-44-46-63-64(50(2,3)4,47-20-15-13-16-21-47)48-22-17-14-18-23-48/h13-18,20-23H,5-12,19,24-46H2,1-4H3. The first-order valence-corrected chi connectivity index (χ1v) is 26.0. The minimum atomic E-state index is -2.55. The molecule has 13 nitrogen and oxygen atoms in total. The molecule has 2 aromatic rings. The molecule has 0 aliphatic heterocycles. The van der Waals surface area contributed by atoms with E-state index >= 15 is 0 Å². The van der Waals surface area contributed by atoms with Crippen molar-refractivity contribution in [3.63, 3.8) is 0 Å². The lowest BCUT2D eigenvalue weighted by Crippen LogP contribution is -2.66. The summed E-state index contributed by atoms with van der Waals surface area (Å²) >= 11 is 0. The van der Waals surface area contributed by atoms with E-state index in [0.29, 0.717) is 145 Å². The fourth-order valence-corrected chi connectivity index (χ4v) is 11.5. The Morgan fingerprint density at radius 2 is 0.672 bits per heavy atom. The molecule has 0 unspecified atom stereocenters. The van der Waals surface area contributed by atoms with E-state index in [1.54, 1.807) is 0 Å². The summed E-state index contributed by atoms with van der Waals surface area (Å²) in [6, 6.07) is 21.3. The van der Waals surface area contributed by atoms with Gasteiger partial charge in [-0.3, -0.25) is 4.79 Å². The molecule has 0 heterocycles. The van der Waals surface area contributed by atoms with Crippen LogP contribution in [0.1, 0.15) is 91.9 Å². The monoisotopic (exact) mass is 923 g/mol. The number of hydrogen-bond acceptors (Lipinski definition) is 13. The zero-order valence-electron chi connectivity index (χ0n) is 40.2. The number of unbranched alkanes of at least 4 members (excludes halogenated alkanes) is 8. The number of benzene rings is 2. The van der Waals surface area contributed by atoms with Gasteiger partial charge in [-0.25, -0.2) is 0 Å². The molecule has 368 valence electrons. The van der Waals surface area contributed by atoms with E-state index in [4.69, 9.17) is 56.5 Å². The Hall–Kier alpha value is -2.31. The molecule has 0 aliphatic rings. The molecule has 2 aromatic carbocycles. The number of esters is 1. The third-order valence-electron chi connectivity index (χ3n) is 10.3. The first-order chi connectivity index (χ1) is 31.4. The van der Waals surface area contributed by atoms with Crippen molar-refractivity contribution in [2.75, 3.05) is 145 Å². The Balaban J connectivity index is 1.24. The molecule has 14 heteroatoms. The van der Waals surface area contributed by atoms with Gasteiger partial charge in [-0.05, 0) is 21.8 Å². The van der Waals surface area contributed by atoms with Crippen LogP contribution in [-0.2, 0) is 61.3 Å². The second-order valence-electron chi connectivity index (χ2n) is 16.4. The van der Waals surface area contributed by atoms with Crippen molar-refractivity contribution in [3.8, 4) is 0 Å². The van der Waals surface area contributed by atoms with Gasteiger partial charge in [0.1, 0.15) is 6.61 Å². The summed E-state index contributed by atoms with van der Waals surface area (Å²) in [4.78, 5) is 11.8. The summed E-state index contributed by atoms with van der Waals surface area (Å²) < 4.78 is 67.9. The van der Waals surface area contributed by atoms with E-state index in [2.05, 4.69) is 88.4 Å². The Kier molecular flexibility index (Phi) is 37.0. The van der Waals surface area contributed by atoms with Gasteiger partial charge in [0, 0.05) is 6.42 Å². The van der Waals surface area contributed by atoms with E-state index in [1.807, 2.05) is 0 Å². The van der Waals surface area contributed by atoms with Gasteiger partial charge in [0.05, 0.1) is 139 Å². The normalized spacial score (nSPS) is 12.0. The summed E-state index contributed by atoms with van der Waals surface area (Å²) in [7, 11) is -2.55. The maximum atomic E-state index is 11.8. The largest absolute Gasteiger partial charge is 0.463 e. The lowest BCUT2D eigenvalue weighted by Gasteiger charge is -2.43. The Bertz CT molecular complexity index is 1260. The summed E-state index contributed by atoms with van der Waals surface area (Å²) in [5, 5.41) is 2.47. The Labute approximate surface area is 387 Å². The van der Waals surface area contributed by atoms with E-state index < -0.39 is 8.32 Å². The number of carbonyl (C=O) groups excluding carboxylic acids is 1. The van der Waals surface area contributed by atoms with Crippen molar-refractivity contribution in [1.29, 1.82) is 0 Å². The molecule has 0 bridgehead atoms. The quantitative estimate of drug-likeness (QED) is 0.0378. The molecule has 2 rings (SSSR count). The summed E-state index contributed by atoms with van der Waals surface area (Å²) in [5.41, 5.74) is 0. The molecule has 0 aromatic heterocycles. The highest BCUT2D eigenvalue weighted by atomic mass is 28.4. The zero-order chi connectivity index (χ0) is 45.9. The number of hydrogen-bond donors (Lipinski definition) is 0. The van der Waals surface area contributed by atoms with E-state index in [0.717, 1.165) is 12.8 Å². The molecule has 0 radical (unpaired) electrons. The second-order valence-corrected chi connectivity index (χ2v) is 20.7. The number of ether oxygens (including phenoxy) is 11. The predicted molar refractivity (Wildman–Crippen MR) is 255 cm³/mol. The van der Waals surface area contributed by atoms with E-state index in [1.165, 1.54) is 55.3 Å². The first kappa shape index (κ1) is 57.8. The van der Waals surface area contributed by atoms with Crippen LogP contribution in [-0.4, -0.2) is 160 Å². The van der Waals surface area contributed by atoms with Crippen LogP contribution in [0.2, 0.25) is 5.04 Å². The number of rotatable bonds is 46. The molecule has 0 N–H and O–H groups in total. The van der Waals surface area contributed by atoms with Crippen LogP contribution in [0.4, 0.5) is 0 Å². The van der Waals surface area contributed by atoms with Crippen LogP contribution in [0.25, 0.3) is 0 Å². The van der Waals surface area contributed by atoms with Crippen LogP contribution in [0.3, 0.4) is 0 Å². The lowest BCUT2D eigenvalue weighted by atomic mass is 10.1. The second kappa shape index (κ2) is 40.9. The van der Waals surface area contributed by atoms with Gasteiger partial charge in [0.15, 0.2) is 0 Å². The summed E-state index contributed by atoms with van der Waals surface area (Å²) in [6.07, 6.45) is 11.6. The minimum Gasteiger partial charge on any atom is -0.463 e. The molecule has 0 fully saturated rings. The van der Waals surface area contributed by atoms with Crippen LogP contribution in [0, 0.1) is 0 Å². The molecule has 0 amide bonds. The van der Waals surface area contributed by atoms with Gasteiger partial charge < -0.3 is 56.5 Å². The van der Waals surface area contributed by atoms with Crippen LogP contribution < -0.4 is 10.4 Å². The minimum absolute atomic E-state index is 0.0610. The van der Waals surface area contributed by atoms with Crippen molar-refractivity contribution in [1.82, 2.24) is 0 Å². The summed E-state index contributed by atoms with van der Waals surface area (Å²) in [5.74, 6) is -0.138. The molecule has 0 aliphatic carbocycles. The van der Waals surface area contributed by atoms with Gasteiger partial charge in [0.25, 0.3) is 8.32 Å². The van der Waals surface area contributed by atoms with Crippen molar-refractivity contribution in [3.05, 3.63) is 60.7 Å². The average molecular weight is 923 g/mol. The third-order valence-corrected chi connectivity index (χ3v) is 15.3. The smallest absolute Gasteiger partial charge is 0.305 e. The van der Waals surface area contributed by atoms with Crippen LogP contribution in [0.5, 0.6) is 0 Å². The SMILES string of the molecule is CCCCCCCCCCCC(=O)OCCOCCOCCOCCOCCOCCOCCOCCOCCOCCOCCO[Si](c1ccccc1)(c1ccccc1)C(C)(C)C. The highest BCUT2D eigenvalue weighted by Gasteiger charge is 2.50. The molecular formula is C50H86O13Si. The molecule has 0 atom stereocenters. The Morgan fingerprint density at radius 1 is 0.391 bits per heavy atom. The fourth-order valence-electron chi connectivity index (χ4n) is 6.96. The topological polar surface area (TPSA) is 128 Å². The van der Waals surface area contributed by atoms with Crippen molar-refractivity contribution < 1.29 is 61.3 Å². The maximum Gasteiger partial charge on any atom is 0.305 e. The molecular weight excluding hydrogens is 837 g/mol. The maximum absolute atomic E-state index is 11.8. The van der Waals surface area contributed by atoms with E-state index in [-0.39, 0.29) is 17.6 Å². The van der Waals surface area contributed by atoms with Gasteiger partial charge in [-0.15, -0.1) is 0 Å². The zero-order valence-corrected chi connectivity index (χ0v) is 41.2. The highest BCUT2D eigenvalue weighted by Crippen LogP contribution is 2.36. The third kappa shape index (κ3) is 29.4. The van der Waals surface area contributed by atoms with E-state index in [9.17, 15) is 4.79 Å². The van der Waals surface area contributed by atoms with Crippen molar-refractivity contribution >= 4 is 24.7 Å². The molecule has 64 heavy (non-hydrogen) atoms. The first-order valence-electron chi connectivity index (χ1n) is 24.1. The van der Waals surface area contributed by atoms with Gasteiger partial charge in [0.2, 0.25) is 0 Å². The number of carbonyl (C=O) groups is 1. The van der Waals surface area contributed by atoms with Crippen molar-refractivity contribution in [2.24, 2.45) is 0 Å². The molecule has 0 saturated heterocycles. The lowest BCUT2D eigenvalue weighted by molar-refractivity contribution is -0.145. The summed E-state index contributed by atoms with van der Waals surface area (Å²) in [6.45, 7) is 19.6. The molecule has 0 spiro atoms. The van der Waals surface area contributed by atoms with Gasteiger partial charge >= 0.3 is 5.97 Å². The van der Waals surface area contributed by atoms with Gasteiger partial charge in [-0.2, -0.15) is 0 Å². The highest BCUT2D eigenvalue weighted by molar-refractivity contribution is 6.99. The van der Waals surface area contributed by atoms with Crippen LogP contribution in [0.15, 0.2) is 60.7 Å². The van der Waals surface area contributed by atoms with Gasteiger partial charge in [-0.1, -0.05) is 140 Å². The Morgan fingerprint density at radius 3 is 0.984 bits per heavy atom. The van der Waals surface area contributed by atoms with Crippen LogP contribution >= 0.6 is 0 Å².